The molecule has 6 nitrogen and oxygen atoms in total. The number of hydrogen-bond donors (Lipinski definition) is 1. The van der Waals surface area contributed by atoms with Crippen LogP contribution in [0.5, 0.6) is 0 Å². The molecule has 2 heterocycles. The quantitative estimate of drug-likeness (QED) is 0.728. The Hall–Kier alpha value is -2.38. The molecule has 0 aromatic heterocycles. The molecule has 3 aliphatic rings. The Morgan fingerprint density at radius 3 is 2.41 bits per heavy atom. The van der Waals surface area contributed by atoms with E-state index in [1.165, 1.54) is 0 Å². The van der Waals surface area contributed by atoms with E-state index in [9.17, 15) is 13.2 Å². The van der Waals surface area contributed by atoms with Crippen LogP contribution < -0.4 is 4.72 Å². The van der Waals surface area contributed by atoms with E-state index in [-0.39, 0.29) is 29.3 Å². The molecule has 2 atom stereocenters. The second kappa shape index (κ2) is 8.19. The maximum atomic E-state index is 13.3. The minimum absolute atomic E-state index is 0.0515. The van der Waals surface area contributed by atoms with E-state index in [1.54, 1.807) is 6.92 Å². The van der Waals surface area contributed by atoms with Crippen LogP contribution >= 0.6 is 0 Å². The molecule has 0 radical (unpaired) electrons. The lowest BCUT2D eigenvalue weighted by molar-refractivity contribution is 0.120. The lowest BCUT2D eigenvalue weighted by Gasteiger charge is -2.37. The van der Waals surface area contributed by atoms with Gasteiger partial charge in [0.15, 0.2) is 0 Å². The Balaban J connectivity index is 1.47. The molecule has 1 spiro atoms. The van der Waals surface area contributed by atoms with Crippen molar-refractivity contribution in [2.24, 2.45) is 5.41 Å². The second-order valence-corrected chi connectivity index (χ2v) is 11.5. The number of carbonyl (C=O) groups excluding carboxylic acids is 1. The van der Waals surface area contributed by atoms with Gasteiger partial charge < -0.3 is 9.80 Å². The van der Waals surface area contributed by atoms with E-state index in [0.29, 0.717) is 13.0 Å². The first-order valence-electron chi connectivity index (χ1n) is 11.6. The van der Waals surface area contributed by atoms with Gasteiger partial charge in [-0.25, -0.2) is 17.9 Å². The van der Waals surface area contributed by atoms with Crippen LogP contribution in [0.4, 0.5) is 4.79 Å². The molecule has 3 fully saturated rings. The molecular formula is C25H31N3O3S. The highest BCUT2D eigenvalue weighted by Crippen LogP contribution is 2.55. The molecular weight excluding hydrogens is 422 g/mol. The van der Waals surface area contributed by atoms with Crippen LogP contribution in [-0.2, 0) is 16.4 Å². The van der Waals surface area contributed by atoms with Gasteiger partial charge in [-0.15, -0.1) is 0 Å². The van der Waals surface area contributed by atoms with Crippen LogP contribution in [0.2, 0.25) is 0 Å². The van der Waals surface area contributed by atoms with Crippen LogP contribution in [0.3, 0.4) is 0 Å². The van der Waals surface area contributed by atoms with Gasteiger partial charge in [-0.3, -0.25) is 0 Å². The highest BCUT2D eigenvalue weighted by atomic mass is 32.2. The van der Waals surface area contributed by atoms with Crippen molar-refractivity contribution < 1.29 is 13.2 Å². The van der Waals surface area contributed by atoms with Crippen molar-refractivity contribution in [1.29, 1.82) is 0 Å². The number of amides is 2. The monoisotopic (exact) mass is 453 g/mol. The summed E-state index contributed by atoms with van der Waals surface area (Å²) < 4.78 is 28.1. The maximum absolute atomic E-state index is 13.3. The van der Waals surface area contributed by atoms with E-state index in [4.69, 9.17) is 0 Å². The molecule has 2 amide bonds. The smallest absolute Gasteiger partial charge is 0.320 e. The summed E-state index contributed by atoms with van der Waals surface area (Å²) in [4.78, 5) is 17.1. The number of nitrogens with one attached hydrogen (secondary N) is 1. The Labute approximate surface area is 190 Å². The van der Waals surface area contributed by atoms with Crippen molar-refractivity contribution in [3.63, 3.8) is 0 Å². The number of likely N-dealkylation sites (tertiary alicyclic amines) is 2. The molecule has 1 N–H and O–H groups in total. The largest absolute Gasteiger partial charge is 0.325 e. The summed E-state index contributed by atoms with van der Waals surface area (Å²) in [5.41, 5.74) is 3.28. The van der Waals surface area contributed by atoms with Crippen molar-refractivity contribution >= 4 is 16.1 Å². The lowest BCUT2D eigenvalue weighted by atomic mass is 9.92. The van der Waals surface area contributed by atoms with Gasteiger partial charge in [0.05, 0.1) is 11.8 Å². The molecule has 32 heavy (non-hydrogen) atoms. The number of benzene rings is 2. The minimum atomic E-state index is -3.37. The number of sulfonamides is 1. The molecule has 2 aromatic rings. The van der Waals surface area contributed by atoms with Crippen LogP contribution in [0.25, 0.3) is 11.1 Å². The predicted octanol–water partition coefficient (Wildman–Crippen LogP) is 3.49. The van der Waals surface area contributed by atoms with E-state index >= 15 is 0 Å². The van der Waals surface area contributed by atoms with Crippen LogP contribution in [0, 0.1) is 5.41 Å². The SMILES string of the molecule is CCS(=O)(=O)NC1C(Cc2cccc(-c3ccccc3)c2)N(C(=O)N2CCC2)CC12CC2. The van der Waals surface area contributed by atoms with Crippen LogP contribution in [0.1, 0.15) is 31.7 Å². The molecule has 1 saturated carbocycles. The first-order chi connectivity index (χ1) is 15.4. The molecule has 2 saturated heterocycles. The molecule has 2 aromatic carbocycles. The van der Waals surface area contributed by atoms with Gasteiger partial charge in [-0.1, -0.05) is 54.6 Å². The second-order valence-electron chi connectivity index (χ2n) is 9.45. The Morgan fingerprint density at radius 2 is 1.78 bits per heavy atom. The predicted molar refractivity (Wildman–Crippen MR) is 126 cm³/mol. The third-order valence-corrected chi connectivity index (χ3v) is 8.73. The molecule has 7 heteroatoms. The summed E-state index contributed by atoms with van der Waals surface area (Å²) >= 11 is 0. The third-order valence-electron chi connectivity index (χ3n) is 7.36. The van der Waals surface area contributed by atoms with Gasteiger partial charge in [0.1, 0.15) is 0 Å². The third kappa shape index (κ3) is 4.04. The summed E-state index contributed by atoms with van der Waals surface area (Å²) in [6.07, 6.45) is 3.61. The summed E-state index contributed by atoms with van der Waals surface area (Å²) in [6.45, 7) is 3.90. The lowest BCUT2D eigenvalue weighted by Crippen LogP contribution is -2.55. The first-order valence-corrected chi connectivity index (χ1v) is 13.3. The van der Waals surface area contributed by atoms with Gasteiger partial charge in [0.25, 0.3) is 0 Å². The van der Waals surface area contributed by atoms with Crippen LogP contribution in [0.15, 0.2) is 54.6 Å². The van der Waals surface area contributed by atoms with Gasteiger partial charge in [-0.2, -0.15) is 0 Å². The van der Waals surface area contributed by atoms with Crippen molar-refractivity contribution in [2.75, 3.05) is 25.4 Å². The maximum Gasteiger partial charge on any atom is 0.320 e. The van der Waals surface area contributed by atoms with E-state index < -0.39 is 10.0 Å². The van der Waals surface area contributed by atoms with Crippen molar-refractivity contribution in [3.8, 4) is 11.1 Å². The Morgan fingerprint density at radius 1 is 1.06 bits per heavy atom. The first kappa shape index (κ1) is 21.5. The Kier molecular flexibility index (Phi) is 5.50. The van der Waals surface area contributed by atoms with Gasteiger partial charge in [-0.05, 0) is 49.3 Å². The summed E-state index contributed by atoms with van der Waals surface area (Å²) in [5, 5.41) is 0. The standard InChI is InChI=1S/C25H31N3O3S/c1-2-32(30,31)26-23-22(28(18-25(23)12-13-25)24(29)27-14-7-15-27)17-19-8-6-11-21(16-19)20-9-4-3-5-10-20/h3-6,8-11,16,22-23,26H,2,7,12-15,17-18H2,1H3. The van der Waals surface area contributed by atoms with E-state index in [1.807, 2.05) is 34.1 Å². The normalized spacial score (nSPS) is 23.9. The molecule has 5 rings (SSSR count). The van der Waals surface area contributed by atoms with E-state index in [0.717, 1.165) is 49.0 Å². The summed E-state index contributed by atoms with van der Waals surface area (Å²) in [5.74, 6) is 0.0515. The highest BCUT2D eigenvalue weighted by Gasteiger charge is 2.61. The zero-order valence-electron chi connectivity index (χ0n) is 18.5. The average Bonchev–Trinajstić information content (AvgIpc) is 3.49. The minimum Gasteiger partial charge on any atom is -0.325 e. The molecule has 0 bridgehead atoms. The van der Waals surface area contributed by atoms with Crippen LogP contribution in [-0.4, -0.2) is 61.7 Å². The van der Waals surface area contributed by atoms with Gasteiger partial charge in [0, 0.05) is 31.1 Å². The van der Waals surface area contributed by atoms with Crippen molar-refractivity contribution in [1.82, 2.24) is 14.5 Å². The fourth-order valence-electron chi connectivity index (χ4n) is 5.13. The summed E-state index contributed by atoms with van der Waals surface area (Å²) in [7, 11) is -3.37. The number of hydrogen-bond acceptors (Lipinski definition) is 3. The molecule has 2 aliphatic heterocycles. The molecule has 170 valence electrons. The van der Waals surface area contributed by atoms with E-state index in [2.05, 4.69) is 35.1 Å². The fraction of sp³-hybridized carbons (Fsp3) is 0.480. The zero-order valence-corrected chi connectivity index (χ0v) is 19.4. The average molecular weight is 454 g/mol. The Bertz CT molecular complexity index is 1090. The number of rotatable bonds is 6. The number of urea groups is 1. The molecule has 2 unspecified atom stereocenters. The fourth-order valence-corrected chi connectivity index (χ4v) is 6.09. The number of carbonyl (C=O) groups is 1. The van der Waals surface area contributed by atoms with Crippen molar-refractivity contribution in [3.05, 3.63) is 60.2 Å². The number of nitrogens with zero attached hydrogens (tertiary/aromatic N) is 2. The van der Waals surface area contributed by atoms with Gasteiger partial charge in [0.2, 0.25) is 10.0 Å². The topological polar surface area (TPSA) is 69.7 Å². The van der Waals surface area contributed by atoms with Crippen molar-refractivity contribution in [2.45, 2.75) is 44.7 Å². The highest BCUT2D eigenvalue weighted by molar-refractivity contribution is 7.89. The zero-order chi connectivity index (χ0) is 22.3. The summed E-state index contributed by atoms with van der Waals surface area (Å²) in [6, 6.07) is 18.3. The molecule has 1 aliphatic carbocycles. The van der Waals surface area contributed by atoms with Gasteiger partial charge >= 0.3 is 6.03 Å².